The van der Waals surface area contributed by atoms with Crippen molar-refractivity contribution in [2.75, 3.05) is 77.1 Å². The summed E-state index contributed by atoms with van der Waals surface area (Å²) < 4.78 is 0. The third kappa shape index (κ3) is 16.2. The number of phenolic OH excluding ortho intramolecular Hbond substituents is 4. The lowest BCUT2D eigenvalue weighted by Gasteiger charge is -2.34. The Morgan fingerprint density at radius 2 is 0.689 bits per heavy atom. The zero-order valence-corrected chi connectivity index (χ0v) is 44.7. The maximum Gasteiger partial charge on any atom is 0.139 e. The Bertz CT molecular complexity index is 2790. The van der Waals surface area contributed by atoms with Crippen LogP contribution >= 0.6 is 22.7 Å². The molecule has 8 aromatic rings. The van der Waals surface area contributed by atoms with Crippen LogP contribution < -0.4 is 10.6 Å². The van der Waals surface area contributed by atoms with E-state index in [-0.39, 0.29) is 23.0 Å². The van der Waals surface area contributed by atoms with Gasteiger partial charge in [-0.15, -0.1) is 22.7 Å². The summed E-state index contributed by atoms with van der Waals surface area (Å²) in [6.07, 6.45) is 0. The van der Waals surface area contributed by atoms with Gasteiger partial charge in [0.1, 0.15) is 44.7 Å². The van der Waals surface area contributed by atoms with E-state index in [9.17, 15) is 0 Å². The number of piperazine rings is 2. The molecule has 0 saturated carbocycles. The first-order chi connectivity index (χ1) is 35.8. The number of thiophene rings is 2. The molecule has 0 atom stereocenters. The number of aliphatic imine (C=N–C) groups is 2. The molecule has 12 rings (SSSR count). The van der Waals surface area contributed by atoms with Gasteiger partial charge in [0.15, 0.2) is 0 Å². The zero-order valence-electron chi connectivity index (χ0n) is 43.1. The molecule has 0 amide bonds. The van der Waals surface area contributed by atoms with E-state index >= 15 is 0 Å². The first kappa shape index (κ1) is 54.2. The van der Waals surface area contributed by atoms with E-state index in [1.54, 1.807) is 22.7 Å². The molecule has 0 bridgehead atoms. The number of anilines is 4. The number of fused-ring (bicyclic) bond motifs is 4. The largest absolute Gasteiger partial charge is 0.508 e. The maximum atomic E-state index is 8.65. The van der Waals surface area contributed by atoms with Gasteiger partial charge in [-0.25, -0.2) is 9.98 Å². The molecule has 74 heavy (non-hydrogen) atoms. The second kappa shape index (κ2) is 26.9. The summed E-state index contributed by atoms with van der Waals surface area (Å²) >= 11 is 3.61. The first-order valence-corrected chi connectivity index (χ1v) is 26.4. The van der Waals surface area contributed by atoms with Crippen molar-refractivity contribution in [3.05, 3.63) is 202 Å². The van der Waals surface area contributed by atoms with Crippen LogP contribution in [-0.4, -0.2) is 118 Å². The Morgan fingerprint density at radius 3 is 0.986 bits per heavy atom. The molecule has 0 spiro atoms. The van der Waals surface area contributed by atoms with E-state index in [2.05, 4.69) is 157 Å². The number of rotatable bonds is 0. The number of aromatic hydroxyl groups is 4. The fourth-order valence-corrected chi connectivity index (χ4v) is 9.83. The summed E-state index contributed by atoms with van der Waals surface area (Å²) in [6.45, 7) is 17.0. The highest BCUT2D eigenvalue weighted by molar-refractivity contribution is 7.17. The maximum absolute atomic E-state index is 8.65. The predicted octanol–water partition coefficient (Wildman–Crippen LogP) is 13.1. The Kier molecular flexibility index (Phi) is 19.7. The summed E-state index contributed by atoms with van der Waals surface area (Å²) in [5.74, 6) is 2.91. The van der Waals surface area contributed by atoms with Crippen LogP contribution in [0.5, 0.6) is 23.0 Å². The van der Waals surface area contributed by atoms with Crippen molar-refractivity contribution in [2.24, 2.45) is 9.98 Å². The quantitative estimate of drug-likeness (QED) is 0.0813. The third-order valence-electron chi connectivity index (χ3n) is 12.1. The minimum atomic E-state index is 0.169. The first-order valence-electron chi connectivity index (χ1n) is 24.8. The second-order valence-electron chi connectivity index (χ2n) is 18.3. The van der Waals surface area contributed by atoms with Gasteiger partial charge in [-0.3, -0.25) is 0 Å². The number of para-hydroxylation sites is 4. The average molecular weight is 1030 g/mol. The van der Waals surface area contributed by atoms with Crippen LogP contribution in [0.1, 0.15) is 32.0 Å². The summed E-state index contributed by atoms with van der Waals surface area (Å²) in [5.41, 5.74) is 9.36. The number of aryl methyl sites for hydroxylation is 4. The lowest BCUT2D eigenvalue weighted by atomic mass is 10.2. The van der Waals surface area contributed by atoms with E-state index in [0.717, 1.165) is 86.8 Å². The van der Waals surface area contributed by atoms with Crippen molar-refractivity contribution in [2.45, 2.75) is 27.7 Å². The summed E-state index contributed by atoms with van der Waals surface area (Å²) in [6, 6.07) is 53.0. The third-order valence-corrected chi connectivity index (χ3v) is 14.1. The fourth-order valence-electron chi connectivity index (χ4n) is 7.99. The van der Waals surface area contributed by atoms with Crippen LogP contribution in [0.15, 0.2) is 180 Å². The SMILES string of the molecule is Cc1cc2c(s1)Nc1ccccc1N=C2N1CCN(C)CC1.Cc1cc2c(s1)Nc1ccccc1N=C2N1CCN(C)CC1.Cc1ccccc1.Cc1ccccc1.Oc1ccc(O)cc1.Oc1ccc(O)cc1. The molecule has 6 heterocycles. The van der Waals surface area contributed by atoms with Gasteiger partial charge < -0.3 is 50.7 Å². The van der Waals surface area contributed by atoms with Crippen LogP contribution in [0.3, 0.4) is 0 Å². The summed E-state index contributed by atoms with van der Waals surface area (Å²) in [4.78, 5) is 22.3. The van der Waals surface area contributed by atoms with Crippen LogP contribution in [0.2, 0.25) is 0 Å². The normalized spacial score (nSPS) is 14.4. The lowest BCUT2D eigenvalue weighted by molar-refractivity contribution is 0.216. The van der Waals surface area contributed by atoms with Gasteiger partial charge in [-0.05, 0) is 127 Å². The molecule has 0 radical (unpaired) electrons. The van der Waals surface area contributed by atoms with E-state index < -0.39 is 0 Å². The standard InChI is InChI=1S/2C17H20N4S.2C7H8.2C6H6O2/c2*1-12-11-13-16(21-9-7-20(2)8-10-21)18-14-5-3-4-6-15(14)19-17(13)22-12;2*1-7-5-3-2-4-6-7;2*7-5-1-2-6(8)4-3-5/h2*3-6,11,19H,7-10H2,1-2H3;2*2-6H,1H3;2*1-4,7-8H. The molecule has 0 unspecified atom stereocenters. The van der Waals surface area contributed by atoms with E-state index in [4.69, 9.17) is 30.4 Å². The fraction of sp³-hybridized carbons (Fsp3) is 0.233. The number of hydrogen-bond donors (Lipinski definition) is 6. The molecule has 2 aromatic heterocycles. The molecule has 384 valence electrons. The number of benzene rings is 6. The Balaban J connectivity index is 0.000000141. The molecule has 0 aliphatic carbocycles. The van der Waals surface area contributed by atoms with Crippen molar-refractivity contribution in [3.8, 4) is 23.0 Å². The van der Waals surface area contributed by atoms with Gasteiger partial charge in [0.05, 0.1) is 33.9 Å². The highest BCUT2D eigenvalue weighted by atomic mass is 32.1. The smallest absolute Gasteiger partial charge is 0.139 e. The molecule has 2 fully saturated rings. The van der Waals surface area contributed by atoms with Gasteiger partial charge >= 0.3 is 0 Å². The number of phenols is 4. The summed E-state index contributed by atoms with van der Waals surface area (Å²) in [5, 5.41) is 44.1. The molecule has 4 aliphatic heterocycles. The Morgan fingerprint density at radius 1 is 0.392 bits per heavy atom. The molecular weight excluding hydrogens is 961 g/mol. The van der Waals surface area contributed by atoms with Crippen molar-refractivity contribution >= 4 is 67.1 Å². The van der Waals surface area contributed by atoms with Crippen molar-refractivity contribution in [3.63, 3.8) is 0 Å². The Hall–Kier alpha value is -7.62. The predicted molar refractivity (Wildman–Crippen MR) is 310 cm³/mol. The van der Waals surface area contributed by atoms with E-state index in [0.29, 0.717) is 0 Å². The minimum absolute atomic E-state index is 0.169. The highest BCUT2D eigenvalue weighted by Crippen LogP contribution is 2.40. The van der Waals surface area contributed by atoms with Gasteiger partial charge in [0.2, 0.25) is 0 Å². The highest BCUT2D eigenvalue weighted by Gasteiger charge is 2.27. The molecule has 4 aliphatic rings. The van der Waals surface area contributed by atoms with Gasteiger partial charge in [0, 0.05) is 62.1 Å². The van der Waals surface area contributed by atoms with E-state index in [1.807, 2.05) is 36.4 Å². The van der Waals surface area contributed by atoms with Gasteiger partial charge in [0.25, 0.3) is 0 Å². The number of nitrogens with one attached hydrogen (secondary N) is 2. The number of likely N-dealkylation sites (N-methyl/N-ethyl adjacent to an activating group) is 2. The number of hydrogen-bond acceptors (Lipinski definition) is 14. The minimum Gasteiger partial charge on any atom is -0.508 e. The van der Waals surface area contributed by atoms with Crippen molar-refractivity contribution < 1.29 is 20.4 Å². The van der Waals surface area contributed by atoms with Crippen LogP contribution in [0, 0.1) is 27.7 Å². The van der Waals surface area contributed by atoms with Crippen molar-refractivity contribution in [1.29, 1.82) is 0 Å². The zero-order chi connectivity index (χ0) is 52.4. The van der Waals surface area contributed by atoms with Gasteiger partial charge in [-0.2, -0.15) is 0 Å². The topological polar surface area (TPSA) is 143 Å². The monoisotopic (exact) mass is 1030 g/mol. The molecule has 12 nitrogen and oxygen atoms in total. The molecular formula is C60H68N8O4S2. The van der Waals surface area contributed by atoms with Crippen LogP contribution in [0.25, 0.3) is 0 Å². The molecule has 6 aromatic carbocycles. The van der Waals surface area contributed by atoms with E-state index in [1.165, 1.54) is 90.5 Å². The number of amidine groups is 2. The number of nitrogens with zero attached hydrogens (tertiary/aromatic N) is 6. The van der Waals surface area contributed by atoms with Crippen molar-refractivity contribution in [1.82, 2.24) is 19.6 Å². The van der Waals surface area contributed by atoms with Gasteiger partial charge in [-0.1, -0.05) is 96.1 Å². The second-order valence-corrected chi connectivity index (χ2v) is 20.8. The molecule has 14 heteroatoms. The Labute approximate surface area is 444 Å². The lowest BCUT2D eigenvalue weighted by Crippen LogP contribution is -2.47. The van der Waals surface area contributed by atoms with Crippen LogP contribution in [-0.2, 0) is 0 Å². The molecule has 6 N–H and O–H groups in total. The summed E-state index contributed by atoms with van der Waals surface area (Å²) in [7, 11) is 4.37. The average Bonchev–Trinajstić information content (AvgIpc) is 3.86. The van der Waals surface area contributed by atoms with Crippen LogP contribution in [0.4, 0.5) is 32.8 Å². The molecule has 2 saturated heterocycles.